The van der Waals surface area contributed by atoms with E-state index >= 15 is 0 Å². The summed E-state index contributed by atoms with van der Waals surface area (Å²) >= 11 is 1.19. The number of nitrogens with zero attached hydrogens (tertiary/aromatic N) is 3. The summed E-state index contributed by atoms with van der Waals surface area (Å²) < 4.78 is 1.67. The van der Waals surface area contributed by atoms with Crippen LogP contribution >= 0.6 is 11.3 Å². The van der Waals surface area contributed by atoms with Gasteiger partial charge in [-0.1, -0.05) is 25.2 Å². The zero-order chi connectivity index (χ0) is 17.7. The quantitative estimate of drug-likeness (QED) is 0.794. The van der Waals surface area contributed by atoms with Crippen molar-refractivity contribution in [1.29, 1.82) is 0 Å². The number of aryl methyl sites for hydroxylation is 1. The van der Waals surface area contributed by atoms with Crippen LogP contribution in [0.15, 0.2) is 10.2 Å². The summed E-state index contributed by atoms with van der Waals surface area (Å²) in [4.78, 5) is 28.7. The third-order valence-corrected chi connectivity index (χ3v) is 5.70. The van der Waals surface area contributed by atoms with Gasteiger partial charge in [-0.15, -0.1) is 0 Å². The summed E-state index contributed by atoms with van der Waals surface area (Å²) in [5.41, 5.74) is 0.926. The van der Waals surface area contributed by atoms with Crippen LogP contribution < -0.4 is 10.2 Å². The third kappa shape index (κ3) is 5.16. The number of nitrogens with one attached hydrogen (secondary N) is 1. The fourth-order valence-electron chi connectivity index (χ4n) is 3.13. The average molecular weight is 355 g/mol. The van der Waals surface area contributed by atoms with Crippen LogP contribution in [0.2, 0.25) is 0 Å². The van der Waals surface area contributed by atoms with Gasteiger partial charge in [0.1, 0.15) is 0 Å². The van der Waals surface area contributed by atoms with Crippen LogP contribution in [0.3, 0.4) is 0 Å². The maximum absolute atomic E-state index is 12.2. The number of hydrogen-bond donors (Lipinski definition) is 1. The van der Waals surface area contributed by atoms with Crippen LogP contribution in [0.5, 0.6) is 0 Å². The first-order chi connectivity index (χ1) is 11.4. The van der Waals surface area contributed by atoms with Gasteiger partial charge in [0.05, 0.1) is 0 Å². The van der Waals surface area contributed by atoms with Crippen molar-refractivity contribution >= 4 is 17.2 Å². The van der Waals surface area contributed by atoms with E-state index in [9.17, 15) is 9.59 Å². The number of aromatic nitrogens is 1. The van der Waals surface area contributed by atoms with Crippen LogP contribution in [-0.4, -0.2) is 66.1 Å². The minimum Gasteiger partial charge on any atom is -0.354 e. The van der Waals surface area contributed by atoms with Crippen molar-refractivity contribution in [2.24, 2.45) is 5.92 Å². The molecular formula is C17H30N4O2S. The second-order valence-corrected chi connectivity index (χ2v) is 7.82. The summed E-state index contributed by atoms with van der Waals surface area (Å²) in [6.45, 7) is 11.7. The van der Waals surface area contributed by atoms with Crippen LogP contribution in [0.1, 0.15) is 26.0 Å². The van der Waals surface area contributed by atoms with Crippen molar-refractivity contribution in [1.82, 2.24) is 19.7 Å². The highest BCUT2D eigenvalue weighted by Crippen LogP contribution is 2.13. The SMILES string of the molecule is Cc1csc(=O)n1CCC(=O)NCC(C(C)C)N1CCN(C)CC1. The average Bonchev–Trinajstić information content (AvgIpc) is 2.85. The molecule has 136 valence electrons. The van der Waals surface area contributed by atoms with Crippen molar-refractivity contribution in [2.45, 2.75) is 39.8 Å². The minimum absolute atomic E-state index is 0.0118. The molecule has 1 amide bonds. The molecule has 1 aliphatic heterocycles. The summed E-state index contributed by atoms with van der Waals surface area (Å²) in [6, 6.07) is 0.369. The van der Waals surface area contributed by atoms with Crippen LogP contribution in [-0.2, 0) is 11.3 Å². The normalized spacial score (nSPS) is 18.0. The smallest absolute Gasteiger partial charge is 0.307 e. The van der Waals surface area contributed by atoms with Gasteiger partial charge < -0.3 is 14.8 Å². The van der Waals surface area contributed by atoms with E-state index in [1.54, 1.807) is 4.57 Å². The molecule has 1 fully saturated rings. The van der Waals surface area contributed by atoms with Crippen molar-refractivity contribution < 1.29 is 4.79 Å². The molecule has 24 heavy (non-hydrogen) atoms. The lowest BCUT2D eigenvalue weighted by molar-refractivity contribution is -0.121. The number of carbonyl (C=O) groups is 1. The van der Waals surface area contributed by atoms with Gasteiger partial charge in [0.25, 0.3) is 0 Å². The Kier molecular flexibility index (Phi) is 7.01. The second kappa shape index (κ2) is 8.78. The van der Waals surface area contributed by atoms with E-state index in [-0.39, 0.29) is 10.8 Å². The molecule has 0 aliphatic carbocycles. The minimum atomic E-state index is 0.0118. The Morgan fingerprint density at radius 2 is 1.96 bits per heavy atom. The highest BCUT2D eigenvalue weighted by atomic mass is 32.1. The van der Waals surface area contributed by atoms with E-state index in [1.807, 2.05) is 12.3 Å². The molecule has 1 unspecified atom stereocenters. The van der Waals surface area contributed by atoms with Gasteiger partial charge in [0.15, 0.2) is 0 Å². The molecule has 0 aromatic carbocycles. The number of hydrogen-bond acceptors (Lipinski definition) is 5. The van der Waals surface area contributed by atoms with E-state index in [4.69, 9.17) is 0 Å². The van der Waals surface area contributed by atoms with Crippen molar-refractivity contribution in [3.05, 3.63) is 20.7 Å². The molecule has 2 rings (SSSR count). The molecule has 1 atom stereocenters. The van der Waals surface area contributed by atoms with Gasteiger partial charge in [-0.2, -0.15) is 0 Å². The summed E-state index contributed by atoms with van der Waals surface area (Å²) in [5, 5.41) is 4.90. The number of amides is 1. The summed E-state index contributed by atoms with van der Waals surface area (Å²) in [5.74, 6) is 0.516. The Morgan fingerprint density at radius 1 is 1.29 bits per heavy atom. The lowest BCUT2D eigenvalue weighted by atomic mass is 10.0. The zero-order valence-electron chi connectivity index (χ0n) is 15.2. The van der Waals surface area contributed by atoms with Gasteiger partial charge >= 0.3 is 4.87 Å². The molecule has 6 nitrogen and oxygen atoms in total. The van der Waals surface area contributed by atoms with E-state index in [1.165, 1.54) is 11.3 Å². The molecule has 2 heterocycles. The predicted molar refractivity (Wildman–Crippen MR) is 98.6 cm³/mol. The molecule has 0 saturated carbocycles. The Bertz CT molecular complexity index is 588. The number of carbonyl (C=O) groups excluding carboxylic acids is 1. The monoisotopic (exact) mass is 354 g/mol. The third-order valence-electron chi connectivity index (χ3n) is 4.82. The maximum atomic E-state index is 12.2. The van der Waals surface area contributed by atoms with Gasteiger partial charge in [0, 0.05) is 62.8 Å². The standard InChI is InChI=1S/C17H30N4O2S/c1-13(2)15(20-9-7-19(4)8-10-20)11-18-16(22)5-6-21-14(3)12-24-17(21)23/h12-13,15H,5-11H2,1-4H3,(H,18,22). The zero-order valence-corrected chi connectivity index (χ0v) is 16.1. The second-order valence-electron chi connectivity index (χ2n) is 7.00. The van der Waals surface area contributed by atoms with Crippen LogP contribution in [0.25, 0.3) is 0 Å². The molecule has 7 heteroatoms. The first kappa shape index (κ1) is 19.1. The van der Waals surface area contributed by atoms with Crippen molar-refractivity contribution in [3.8, 4) is 0 Å². The topological polar surface area (TPSA) is 57.6 Å². The van der Waals surface area contributed by atoms with Crippen LogP contribution in [0.4, 0.5) is 0 Å². The number of thiazole rings is 1. The molecular weight excluding hydrogens is 324 g/mol. The van der Waals surface area contributed by atoms with Crippen molar-refractivity contribution in [2.75, 3.05) is 39.8 Å². The summed E-state index contributed by atoms with van der Waals surface area (Å²) in [6.07, 6.45) is 0.352. The molecule has 0 radical (unpaired) electrons. The number of likely N-dealkylation sites (N-methyl/N-ethyl adjacent to an activating group) is 1. The largest absolute Gasteiger partial charge is 0.354 e. The van der Waals surface area contributed by atoms with Gasteiger partial charge in [-0.25, -0.2) is 0 Å². The van der Waals surface area contributed by atoms with E-state index in [0.717, 1.165) is 31.9 Å². The first-order valence-electron chi connectivity index (χ1n) is 8.72. The van der Waals surface area contributed by atoms with Gasteiger partial charge in [-0.3, -0.25) is 14.5 Å². The molecule has 0 bridgehead atoms. The summed E-state index contributed by atoms with van der Waals surface area (Å²) in [7, 11) is 2.15. The Hall–Kier alpha value is -1.18. The fourth-order valence-corrected chi connectivity index (χ4v) is 3.90. The lowest BCUT2D eigenvalue weighted by Crippen LogP contribution is -2.54. The Labute approximate surface area is 148 Å². The first-order valence-corrected chi connectivity index (χ1v) is 9.60. The Morgan fingerprint density at radius 3 is 2.50 bits per heavy atom. The predicted octanol–water partition coefficient (Wildman–Crippen LogP) is 0.997. The van der Waals surface area contributed by atoms with E-state index in [0.29, 0.717) is 31.5 Å². The van der Waals surface area contributed by atoms with E-state index < -0.39 is 0 Å². The fraction of sp³-hybridized carbons (Fsp3) is 0.765. The number of piperazine rings is 1. The van der Waals surface area contributed by atoms with Crippen molar-refractivity contribution in [3.63, 3.8) is 0 Å². The molecule has 1 aromatic rings. The molecule has 1 N–H and O–H groups in total. The lowest BCUT2D eigenvalue weighted by Gasteiger charge is -2.39. The van der Waals surface area contributed by atoms with Gasteiger partial charge in [0.2, 0.25) is 5.91 Å². The molecule has 1 aliphatic rings. The molecule has 0 spiro atoms. The maximum Gasteiger partial charge on any atom is 0.307 e. The van der Waals surface area contributed by atoms with Gasteiger partial charge in [-0.05, 0) is 19.9 Å². The highest BCUT2D eigenvalue weighted by Gasteiger charge is 2.25. The Balaban J connectivity index is 1.81. The molecule has 1 aromatic heterocycles. The van der Waals surface area contributed by atoms with E-state index in [2.05, 4.69) is 36.0 Å². The highest BCUT2D eigenvalue weighted by molar-refractivity contribution is 7.07. The van der Waals surface area contributed by atoms with Crippen LogP contribution in [0, 0.1) is 12.8 Å². The number of rotatable bonds is 7. The molecule has 1 saturated heterocycles.